The maximum absolute atomic E-state index is 11.8. The molecule has 19 heavy (non-hydrogen) atoms. The normalized spacial score (nSPS) is 21.9. The van der Waals surface area contributed by atoms with Crippen LogP contribution in [0.25, 0.3) is 0 Å². The molecule has 5 heteroatoms. The Morgan fingerprint density at radius 2 is 2.05 bits per heavy atom. The van der Waals surface area contributed by atoms with Crippen molar-refractivity contribution in [3.8, 4) is 0 Å². The van der Waals surface area contributed by atoms with Gasteiger partial charge in [-0.1, -0.05) is 0 Å². The van der Waals surface area contributed by atoms with Crippen LogP contribution in [0, 0.1) is 5.92 Å². The van der Waals surface area contributed by atoms with Crippen molar-refractivity contribution in [3.63, 3.8) is 0 Å². The lowest BCUT2D eigenvalue weighted by molar-refractivity contribution is -0.128. The van der Waals surface area contributed by atoms with E-state index < -0.39 is 0 Å². The zero-order valence-corrected chi connectivity index (χ0v) is 11.9. The topological polar surface area (TPSA) is 52.7 Å². The number of likely N-dealkylation sites (tertiary alicyclic amines) is 2. The molecule has 0 radical (unpaired) electrons. The van der Waals surface area contributed by atoms with Crippen LogP contribution in [0.5, 0.6) is 0 Å². The summed E-state index contributed by atoms with van der Waals surface area (Å²) < 4.78 is 0. The highest BCUT2D eigenvalue weighted by atomic mass is 16.2. The Kier molecular flexibility index (Phi) is 5.19. The summed E-state index contributed by atoms with van der Waals surface area (Å²) in [4.78, 5) is 27.3. The molecule has 2 aliphatic rings. The Hall–Kier alpha value is -1.10. The minimum absolute atomic E-state index is 0.0821. The molecule has 2 amide bonds. The largest absolute Gasteiger partial charge is 0.356 e. The molecule has 0 atom stereocenters. The standard InChI is InChI=1S/C14H25N3O2/c1-16-8-4-12(5-9-16)11-15-13(18)6-10-17-7-2-3-14(17)19/h12H,2-11H2,1H3,(H,15,18). The van der Waals surface area contributed by atoms with Crippen molar-refractivity contribution < 1.29 is 9.59 Å². The average Bonchev–Trinajstić information content (AvgIpc) is 2.81. The molecule has 2 heterocycles. The van der Waals surface area contributed by atoms with Gasteiger partial charge in [-0.15, -0.1) is 0 Å². The van der Waals surface area contributed by atoms with Gasteiger partial charge in [-0.25, -0.2) is 0 Å². The lowest BCUT2D eigenvalue weighted by atomic mass is 9.97. The van der Waals surface area contributed by atoms with E-state index in [0.29, 0.717) is 25.3 Å². The SMILES string of the molecule is CN1CCC(CNC(=O)CCN2CCCC2=O)CC1. The van der Waals surface area contributed by atoms with Crippen LogP contribution in [0.3, 0.4) is 0 Å². The summed E-state index contributed by atoms with van der Waals surface area (Å²) in [7, 11) is 2.14. The smallest absolute Gasteiger partial charge is 0.222 e. The van der Waals surface area contributed by atoms with Gasteiger partial charge in [-0.05, 0) is 45.3 Å². The van der Waals surface area contributed by atoms with Gasteiger partial charge < -0.3 is 15.1 Å². The third kappa shape index (κ3) is 4.49. The molecule has 5 nitrogen and oxygen atoms in total. The van der Waals surface area contributed by atoms with Crippen LogP contribution in [0.1, 0.15) is 32.1 Å². The number of carbonyl (C=O) groups is 2. The Morgan fingerprint density at radius 1 is 1.32 bits per heavy atom. The molecule has 0 spiro atoms. The second-order valence-electron chi connectivity index (χ2n) is 5.79. The van der Waals surface area contributed by atoms with E-state index >= 15 is 0 Å². The first kappa shape index (κ1) is 14.3. The van der Waals surface area contributed by atoms with E-state index in [2.05, 4.69) is 17.3 Å². The molecule has 2 aliphatic heterocycles. The van der Waals surface area contributed by atoms with Gasteiger partial charge in [0.2, 0.25) is 11.8 Å². The van der Waals surface area contributed by atoms with Crippen molar-refractivity contribution >= 4 is 11.8 Å². The van der Waals surface area contributed by atoms with Gasteiger partial charge in [0.15, 0.2) is 0 Å². The minimum Gasteiger partial charge on any atom is -0.356 e. The van der Waals surface area contributed by atoms with Gasteiger partial charge in [0, 0.05) is 32.5 Å². The molecular formula is C14H25N3O2. The molecule has 2 rings (SSSR count). The number of carbonyl (C=O) groups excluding carboxylic acids is 2. The molecule has 0 aromatic rings. The van der Waals surface area contributed by atoms with Crippen LogP contribution in [-0.4, -0.2) is 61.4 Å². The molecule has 0 saturated carbocycles. The highest BCUT2D eigenvalue weighted by Gasteiger charge is 2.21. The molecule has 0 aliphatic carbocycles. The number of hydrogen-bond donors (Lipinski definition) is 1. The second kappa shape index (κ2) is 6.89. The van der Waals surface area contributed by atoms with Gasteiger partial charge in [-0.2, -0.15) is 0 Å². The number of piperidine rings is 1. The summed E-state index contributed by atoms with van der Waals surface area (Å²) in [5.74, 6) is 0.898. The number of nitrogens with one attached hydrogen (secondary N) is 1. The van der Waals surface area contributed by atoms with Crippen molar-refractivity contribution in [2.75, 3.05) is 39.8 Å². The fourth-order valence-electron chi connectivity index (χ4n) is 2.79. The first-order valence-corrected chi connectivity index (χ1v) is 7.38. The zero-order valence-electron chi connectivity index (χ0n) is 11.9. The van der Waals surface area contributed by atoms with Crippen LogP contribution in [0.4, 0.5) is 0 Å². The number of hydrogen-bond acceptors (Lipinski definition) is 3. The van der Waals surface area contributed by atoms with Crippen molar-refractivity contribution in [1.82, 2.24) is 15.1 Å². The van der Waals surface area contributed by atoms with E-state index in [4.69, 9.17) is 0 Å². The monoisotopic (exact) mass is 267 g/mol. The Labute approximate surface area is 115 Å². The number of nitrogens with zero attached hydrogens (tertiary/aromatic N) is 2. The molecule has 0 unspecified atom stereocenters. The molecule has 108 valence electrons. The van der Waals surface area contributed by atoms with Gasteiger partial charge >= 0.3 is 0 Å². The first-order valence-electron chi connectivity index (χ1n) is 7.38. The summed E-state index contributed by atoms with van der Waals surface area (Å²) in [5.41, 5.74) is 0. The Bertz CT molecular complexity index is 325. The first-order chi connectivity index (χ1) is 9.15. The van der Waals surface area contributed by atoms with E-state index in [-0.39, 0.29) is 11.8 Å². The Balaban J connectivity index is 1.58. The van der Waals surface area contributed by atoms with Gasteiger partial charge in [-0.3, -0.25) is 9.59 Å². The molecular weight excluding hydrogens is 242 g/mol. The predicted octanol–water partition coefficient (Wildman–Crippen LogP) is 0.457. The zero-order chi connectivity index (χ0) is 13.7. The van der Waals surface area contributed by atoms with E-state index in [0.717, 1.165) is 32.6 Å². The predicted molar refractivity (Wildman–Crippen MR) is 73.7 cm³/mol. The van der Waals surface area contributed by atoms with E-state index in [1.54, 1.807) is 4.90 Å². The van der Waals surface area contributed by atoms with Gasteiger partial charge in [0.1, 0.15) is 0 Å². The summed E-state index contributed by atoms with van der Waals surface area (Å²) in [6.45, 7) is 4.45. The molecule has 0 aromatic carbocycles. The van der Waals surface area contributed by atoms with Gasteiger partial charge in [0.25, 0.3) is 0 Å². The van der Waals surface area contributed by atoms with Crippen LogP contribution >= 0.6 is 0 Å². The number of rotatable bonds is 5. The maximum Gasteiger partial charge on any atom is 0.222 e. The van der Waals surface area contributed by atoms with Crippen LogP contribution in [0.2, 0.25) is 0 Å². The molecule has 1 N–H and O–H groups in total. The summed E-state index contributed by atoms with van der Waals surface area (Å²) in [6, 6.07) is 0. The highest BCUT2D eigenvalue weighted by Crippen LogP contribution is 2.14. The third-order valence-electron chi connectivity index (χ3n) is 4.21. The number of amides is 2. The molecule has 2 fully saturated rings. The second-order valence-corrected chi connectivity index (χ2v) is 5.79. The fraction of sp³-hybridized carbons (Fsp3) is 0.857. The lowest BCUT2D eigenvalue weighted by Crippen LogP contribution is -2.38. The lowest BCUT2D eigenvalue weighted by Gasteiger charge is -2.29. The summed E-state index contributed by atoms with van der Waals surface area (Å²) >= 11 is 0. The highest BCUT2D eigenvalue weighted by molar-refractivity contribution is 5.80. The van der Waals surface area contributed by atoms with Crippen LogP contribution in [0.15, 0.2) is 0 Å². The average molecular weight is 267 g/mol. The van der Waals surface area contributed by atoms with E-state index in [1.165, 1.54) is 12.8 Å². The molecule has 0 bridgehead atoms. The minimum atomic E-state index is 0.0821. The van der Waals surface area contributed by atoms with Crippen molar-refractivity contribution in [1.29, 1.82) is 0 Å². The van der Waals surface area contributed by atoms with E-state index in [9.17, 15) is 9.59 Å². The third-order valence-corrected chi connectivity index (χ3v) is 4.21. The molecule has 0 aromatic heterocycles. The quantitative estimate of drug-likeness (QED) is 0.787. The van der Waals surface area contributed by atoms with Crippen molar-refractivity contribution in [3.05, 3.63) is 0 Å². The maximum atomic E-state index is 11.8. The summed E-state index contributed by atoms with van der Waals surface area (Å²) in [5, 5.41) is 3.01. The molecule has 2 saturated heterocycles. The van der Waals surface area contributed by atoms with Crippen LogP contribution < -0.4 is 5.32 Å². The van der Waals surface area contributed by atoms with Crippen LogP contribution in [-0.2, 0) is 9.59 Å². The summed E-state index contributed by atoms with van der Waals surface area (Å²) in [6.07, 6.45) is 4.37. The Morgan fingerprint density at radius 3 is 2.68 bits per heavy atom. The van der Waals surface area contributed by atoms with Crippen molar-refractivity contribution in [2.45, 2.75) is 32.1 Å². The van der Waals surface area contributed by atoms with Crippen molar-refractivity contribution in [2.24, 2.45) is 5.92 Å². The van der Waals surface area contributed by atoms with Gasteiger partial charge in [0.05, 0.1) is 0 Å². The fourth-order valence-corrected chi connectivity index (χ4v) is 2.79. The van der Waals surface area contributed by atoms with E-state index in [1.807, 2.05) is 0 Å².